The number of Topliss-reactive ketones (excluding diaryl/α,β-unsaturated/α-hetero) is 2. The first kappa shape index (κ1) is 19.2. The van der Waals surface area contributed by atoms with Gasteiger partial charge >= 0.3 is 0 Å². The number of hydrogen-bond donors (Lipinski definition) is 0. The van der Waals surface area contributed by atoms with Gasteiger partial charge in [-0.2, -0.15) is 0 Å². The van der Waals surface area contributed by atoms with Crippen molar-refractivity contribution >= 4 is 11.6 Å². The van der Waals surface area contributed by atoms with Gasteiger partial charge in [0, 0.05) is 30.6 Å². The van der Waals surface area contributed by atoms with Crippen molar-refractivity contribution in [3.8, 4) is 0 Å². The maximum absolute atomic E-state index is 13.8. The second kappa shape index (κ2) is 6.63. The lowest BCUT2D eigenvalue weighted by atomic mass is 9.76. The maximum Gasteiger partial charge on any atom is 0.253 e. The zero-order valence-electron chi connectivity index (χ0n) is 17.5. The summed E-state index contributed by atoms with van der Waals surface area (Å²) in [5, 5.41) is 0. The van der Waals surface area contributed by atoms with Crippen LogP contribution in [0.3, 0.4) is 0 Å². The van der Waals surface area contributed by atoms with Crippen LogP contribution < -0.4 is 0 Å². The van der Waals surface area contributed by atoms with E-state index in [1.807, 2.05) is 12.1 Å². The Morgan fingerprint density at radius 3 is 2.40 bits per heavy atom. The molecule has 2 bridgehead atoms. The van der Waals surface area contributed by atoms with E-state index in [9.17, 15) is 9.59 Å². The fourth-order valence-electron chi connectivity index (χ4n) is 5.74. The average molecular weight is 406 g/mol. The molecule has 0 N–H and O–H groups in total. The maximum atomic E-state index is 13.8. The molecule has 0 radical (unpaired) electrons. The van der Waals surface area contributed by atoms with Gasteiger partial charge in [-0.25, -0.2) is 0 Å². The van der Waals surface area contributed by atoms with E-state index >= 15 is 0 Å². The summed E-state index contributed by atoms with van der Waals surface area (Å²) in [6, 6.07) is 7.63. The van der Waals surface area contributed by atoms with E-state index in [1.165, 1.54) is 0 Å². The molecule has 1 saturated heterocycles. The minimum absolute atomic E-state index is 0.0305. The quantitative estimate of drug-likeness (QED) is 0.710. The molecule has 1 aliphatic carbocycles. The van der Waals surface area contributed by atoms with E-state index in [4.69, 9.17) is 4.74 Å². The molecule has 4 atom stereocenters. The summed E-state index contributed by atoms with van der Waals surface area (Å²) in [6.07, 6.45) is 5.08. The summed E-state index contributed by atoms with van der Waals surface area (Å²) < 4.78 is 6.30. The molecule has 4 heterocycles. The molecule has 0 saturated carbocycles. The number of allylic oxidation sites excluding steroid dienone is 2. The lowest BCUT2D eigenvalue weighted by Crippen LogP contribution is -2.84. The molecule has 1 fully saturated rings. The lowest BCUT2D eigenvalue weighted by Gasteiger charge is -2.64. The molecule has 1 aromatic carbocycles. The van der Waals surface area contributed by atoms with Crippen molar-refractivity contribution in [3.05, 3.63) is 71.1 Å². The molecule has 1 aromatic heterocycles. The van der Waals surface area contributed by atoms with Crippen molar-refractivity contribution in [2.45, 2.75) is 25.6 Å². The largest absolute Gasteiger partial charge is 0.379 e. The molecular formula is C23H26N4O3+2. The third kappa shape index (κ3) is 2.37. The molecule has 4 unspecified atom stereocenters. The number of benzene rings is 1. The van der Waals surface area contributed by atoms with Gasteiger partial charge in [0.15, 0.2) is 12.1 Å². The number of ether oxygens (including phenoxy) is 1. The van der Waals surface area contributed by atoms with Crippen LogP contribution in [0.4, 0.5) is 0 Å². The Morgan fingerprint density at radius 1 is 1.10 bits per heavy atom. The van der Waals surface area contributed by atoms with Crippen LogP contribution in [0.2, 0.25) is 0 Å². The Balaban J connectivity index is 1.73. The highest BCUT2D eigenvalue weighted by atomic mass is 16.5. The second-order valence-corrected chi connectivity index (χ2v) is 8.76. The zero-order chi connectivity index (χ0) is 21.1. The highest BCUT2D eigenvalue weighted by Gasteiger charge is 2.73. The molecule has 7 heteroatoms. The summed E-state index contributed by atoms with van der Waals surface area (Å²) in [4.78, 5) is 36.2. The number of hydrogen-bond acceptors (Lipinski definition) is 5. The Labute approximate surface area is 175 Å². The Bertz CT molecular complexity index is 1080. The number of aromatic nitrogens is 2. The molecule has 6 rings (SSSR count). The van der Waals surface area contributed by atoms with Crippen LogP contribution >= 0.6 is 0 Å². The third-order valence-corrected chi connectivity index (χ3v) is 7.43. The molecule has 2 aromatic rings. The topological polar surface area (TPSA) is 69.2 Å². The van der Waals surface area contributed by atoms with Gasteiger partial charge in [-0.3, -0.25) is 28.5 Å². The van der Waals surface area contributed by atoms with E-state index in [-0.39, 0.29) is 23.7 Å². The van der Waals surface area contributed by atoms with Crippen LogP contribution in [-0.2, 0) is 11.3 Å². The normalized spacial score (nSPS) is 31.8. The molecule has 4 aliphatic rings. The molecule has 154 valence electrons. The number of fused-ring (bicyclic) bond motifs is 1. The van der Waals surface area contributed by atoms with E-state index in [1.54, 1.807) is 37.8 Å². The standard InChI is InChI=1S/C23H26N4O3/c1-15-19-14-27(15,13-16-12-24-8-9-25-16)21-20(26(19,2)10-11-30-3)22(28)17-6-4-5-7-18(17)23(21)29/h4-9,12,15,19H,10-11,13-14H2,1-3H3/q+2. The van der Waals surface area contributed by atoms with Gasteiger partial charge in [-0.1, -0.05) is 24.3 Å². The van der Waals surface area contributed by atoms with Crippen LogP contribution in [0.5, 0.6) is 0 Å². The molecular weight excluding hydrogens is 380 g/mol. The summed E-state index contributed by atoms with van der Waals surface area (Å²) in [5.41, 5.74) is 3.12. The second-order valence-electron chi connectivity index (χ2n) is 8.76. The Morgan fingerprint density at radius 2 is 1.80 bits per heavy atom. The molecule has 30 heavy (non-hydrogen) atoms. The first-order valence-corrected chi connectivity index (χ1v) is 10.3. The van der Waals surface area contributed by atoms with Gasteiger partial charge in [0.1, 0.15) is 25.3 Å². The van der Waals surface area contributed by atoms with Gasteiger partial charge in [0.05, 0.1) is 19.9 Å². The number of methoxy groups -OCH3 is 1. The van der Waals surface area contributed by atoms with Crippen LogP contribution in [0.25, 0.3) is 0 Å². The van der Waals surface area contributed by atoms with Gasteiger partial charge in [-0.15, -0.1) is 0 Å². The van der Waals surface area contributed by atoms with Crippen molar-refractivity contribution in [1.82, 2.24) is 9.97 Å². The molecule has 0 amide bonds. The predicted octanol–water partition coefficient (Wildman–Crippen LogP) is 1.96. The first-order chi connectivity index (χ1) is 14.4. The number of quaternary nitrogens is 2. The monoisotopic (exact) mass is 406 g/mol. The van der Waals surface area contributed by atoms with Crippen molar-refractivity contribution in [3.63, 3.8) is 0 Å². The van der Waals surface area contributed by atoms with Gasteiger partial charge in [0.2, 0.25) is 11.4 Å². The van der Waals surface area contributed by atoms with Crippen LogP contribution in [0.15, 0.2) is 54.3 Å². The fraction of sp³-hybridized carbons (Fsp3) is 0.391. The zero-order valence-corrected chi connectivity index (χ0v) is 17.5. The number of rotatable bonds is 5. The third-order valence-electron chi connectivity index (χ3n) is 7.43. The fourth-order valence-corrected chi connectivity index (χ4v) is 5.74. The van der Waals surface area contributed by atoms with Gasteiger partial charge in [-0.05, 0) is 6.92 Å². The number of likely N-dealkylation sites (N-methyl/N-ethyl adjacent to an activating group) is 1. The smallest absolute Gasteiger partial charge is 0.253 e. The van der Waals surface area contributed by atoms with E-state index in [0.717, 1.165) is 12.2 Å². The van der Waals surface area contributed by atoms with Crippen molar-refractivity contribution in [2.24, 2.45) is 0 Å². The lowest BCUT2D eigenvalue weighted by molar-refractivity contribution is -1.07. The number of carbonyl (C=O) groups excluding carboxylic acids is 2. The SMILES string of the molecule is COCC[N+]1(C)C2=C(C(=O)c3ccccc3C2=O)[N+]2(Cc3cnccn3)CC1C2C. The summed E-state index contributed by atoms with van der Waals surface area (Å²) in [6.45, 7) is 4.75. The molecule has 0 spiro atoms. The van der Waals surface area contributed by atoms with Crippen LogP contribution in [0, 0.1) is 0 Å². The number of carbonyl (C=O) groups is 2. The van der Waals surface area contributed by atoms with Crippen molar-refractivity contribution < 1.29 is 23.3 Å². The van der Waals surface area contributed by atoms with Gasteiger partial charge in [0.25, 0.3) is 11.6 Å². The van der Waals surface area contributed by atoms with E-state index in [2.05, 4.69) is 23.9 Å². The predicted molar refractivity (Wildman–Crippen MR) is 109 cm³/mol. The molecule has 3 aliphatic heterocycles. The highest BCUT2D eigenvalue weighted by Crippen LogP contribution is 2.53. The van der Waals surface area contributed by atoms with Crippen LogP contribution in [0.1, 0.15) is 33.3 Å². The van der Waals surface area contributed by atoms with Crippen molar-refractivity contribution in [2.75, 3.05) is 33.9 Å². The Kier molecular flexibility index (Phi) is 4.25. The summed E-state index contributed by atoms with van der Waals surface area (Å²) >= 11 is 0. The van der Waals surface area contributed by atoms with Crippen LogP contribution in [-0.4, -0.2) is 76.4 Å². The van der Waals surface area contributed by atoms with E-state index < -0.39 is 0 Å². The van der Waals surface area contributed by atoms with E-state index in [0.29, 0.717) is 51.2 Å². The van der Waals surface area contributed by atoms with Crippen molar-refractivity contribution in [1.29, 1.82) is 0 Å². The first-order valence-electron chi connectivity index (χ1n) is 10.3. The number of nitrogens with zero attached hydrogens (tertiary/aromatic N) is 4. The minimum Gasteiger partial charge on any atom is -0.379 e. The Hall–Kier alpha value is -2.74. The summed E-state index contributed by atoms with van der Waals surface area (Å²) in [7, 11) is 3.76. The number of ketones is 2. The summed E-state index contributed by atoms with van der Waals surface area (Å²) in [5.74, 6) is -0.0621. The highest BCUT2D eigenvalue weighted by molar-refractivity contribution is 6.25. The van der Waals surface area contributed by atoms with Gasteiger partial charge < -0.3 is 4.74 Å². The average Bonchev–Trinajstić information content (AvgIpc) is 2.77. The molecule has 7 nitrogen and oxygen atoms in total. The minimum atomic E-state index is -0.0316.